The number of hydrogen-bond acceptors (Lipinski definition) is 3. The molecule has 0 aliphatic carbocycles. The van der Waals surface area contributed by atoms with E-state index in [2.05, 4.69) is 5.32 Å². The van der Waals surface area contributed by atoms with Gasteiger partial charge in [0.2, 0.25) is 0 Å². The number of halogens is 2. The van der Waals surface area contributed by atoms with Gasteiger partial charge in [-0.25, -0.2) is 0 Å². The highest BCUT2D eigenvalue weighted by Gasteiger charge is 2.19. The molecule has 0 spiro atoms. The largest absolute Gasteiger partial charge is 0.489 e. The minimum atomic E-state index is -0.312. The van der Waals surface area contributed by atoms with Gasteiger partial charge >= 0.3 is 0 Å². The minimum Gasteiger partial charge on any atom is -0.489 e. The Kier molecular flexibility index (Phi) is 4.64. The van der Waals surface area contributed by atoms with Gasteiger partial charge in [0.15, 0.2) is 11.5 Å². The number of ether oxygens (including phenoxy) is 2. The van der Waals surface area contributed by atoms with E-state index in [9.17, 15) is 4.79 Å². The molecule has 0 bridgehead atoms. The molecule has 3 rings (SSSR count). The number of amides is 1. The molecular weight excluding hydrogens is 337 g/mol. The number of fused-ring (bicyclic) bond motifs is 1. The van der Waals surface area contributed by atoms with Crippen molar-refractivity contribution in [1.29, 1.82) is 0 Å². The van der Waals surface area contributed by atoms with Crippen molar-refractivity contribution >= 4 is 34.8 Å². The normalized spacial score (nSPS) is 13.3. The summed E-state index contributed by atoms with van der Waals surface area (Å²) in [5, 5.41) is 3.61. The van der Waals surface area contributed by atoms with Crippen molar-refractivity contribution in [3.05, 3.63) is 51.5 Å². The average molecular weight is 352 g/mol. The second kappa shape index (κ2) is 6.69. The Morgan fingerprint density at radius 2 is 1.87 bits per heavy atom. The topological polar surface area (TPSA) is 47.6 Å². The zero-order valence-electron chi connectivity index (χ0n) is 12.5. The predicted octanol–water partition coefficient (Wildman–Crippen LogP) is 4.72. The van der Waals surface area contributed by atoms with Crippen molar-refractivity contribution in [2.75, 3.05) is 18.5 Å². The second-order valence-electron chi connectivity index (χ2n) is 5.27. The van der Waals surface area contributed by atoms with E-state index in [-0.39, 0.29) is 5.91 Å². The number of anilines is 1. The highest BCUT2D eigenvalue weighted by atomic mass is 35.5. The molecule has 1 aliphatic rings. The summed E-state index contributed by atoms with van der Waals surface area (Å²) in [6, 6.07) is 8.62. The Balaban J connectivity index is 1.87. The van der Waals surface area contributed by atoms with Gasteiger partial charge in [-0.2, -0.15) is 0 Å². The SMILES string of the molecule is Cc1ccc(NC(=O)c2cc(Cl)c3c(c2)OCCCO3)c(Cl)c1. The number of carbonyl (C=O) groups is 1. The van der Waals surface area contributed by atoms with Crippen LogP contribution in [0.1, 0.15) is 22.3 Å². The summed E-state index contributed by atoms with van der Waals surface area (Å²) in [6.07, 6.45) is 0.769. The second-order valence-corrected chi connectivity index (χ2v) is 6.09. The molecule has 120 valence electrons. The molecule has 0 saturated carbocycles. The molecule has 2 aromatic rings. The monoisotopic (exact) mass is 351 g/mol. The summed E-state index contributed by atoms with van der Waals surface area (Å²) < 4.78 is 11.1. The van der Waals surface area contributed by atoms with E-state index in [1.54, 1.807) is 24.3 Å². The first-order chi connectivity index (χ1) is 11.0. The van der Waals surface area contributed by atoms with Gasteiger partial charge < -0.3 is 14.8 Å². The predicted molar refractivity (Wildman–Crippen MR) is 91.2 cm³/mol. The molecule has 0 aromatic heterocycles. The third-order valence-electron chi connectivity index (χ3n) is 3.44. The molecule has 1 amide bonds. The van der Waals surface area contributed by atoms with Gasteiger partial charge in [-0.15, -0.1) is 0 Å². The molecule has 4 nitrogen and oxygen atoms in total. The molecule has 0 saturated heterocycles. The maximum atomic E-state index is 12.5. The first-order valence-electron chi connectivity index (χ1n) is 7.21. The number of benzene rings is 2. The number of nitrogens with one attached hydrogen (secondary N) is 1. The molecule has 6 heteroatoms. The van der Waals surface area contributed by atoms with Gasteiger partial charge in [0.05, 0.1) is 28.9 Å². The van der Waals surface area contributed by atoms with Crippen molar-refractivity contribution in [2.45, 2.75) is 13.3 Å². The van der Waals surface area contributed by atoms with Crippen molar-refractivity contribution in [2.24, 2.45) is 0 Å². The lowest BCUT2D eigenvalue weighted by Crippen LogP contribution is -2.12. The molecule has 2 aromatic carbocycles. The summed E-state index contributed by atoms with van der Waals surface area (Å²) in [6.45, 7) is 3.00. The third kappa shape index (κ3) is 3.54. The summed E-state index contributed by atoms with van der Waals surface area (Å²) >= 11 is 12.4. The van der Waals surface area contributed by atoms with Crippen LogP contribution in [0.4, 0.5) is 5.69 Å². The van der Waals surface area contributed by atoms with E-state index < -0.39 is 0 Å². The Bertz CT molecular complexity index is 762. The number of hydrogen-bond donors (Lipinski definition) is 1. The molecular formula is C17H15Cl2NO3. The van der Waals surface area contributed by atoms with Crippen molar-refractivity contribution in [3.63, 3.8) is 0 Å². The molecule has 1 aliphatic heterocycles. The standard InChI is InChI=1S/C17H15Cl2NO3/c1-10-3-4-14(12(18)7-10)20-17(21)11-8-13(19)16-15(9-11)22-5-2-6-23-16/h3-4,7-9H,2,5-6H2,1H3,(H,20,21). The summed E-state index contributed by atoms with van der Waals surface area (Å²) in [5.74, 6) is 0.650. The molecule has 1 N–H and O–H groups in total. The fraction of sp³-hybridized carbons (Fsp3) is 0.235. The van der Waals surface area contributed by atoms with Crippen LogP contribution in [0.25, 0.3) is 0 Å². The molecule has 1 heterocycles. The van der Waals surface area contributed by atoms with Crippen molar-refractivity contribution in [3.8, 4) is 11.5 Å². The van der Waals surface area contributed by atoms with Gasteiger partial charge in [0, 0.05) is 12.0 Å². The van der Waals surface area contributed by atoms with E-state index >= 15 is 0 Å². The summed E-state index contributed by atoms with van der Waals surface area (Å²) in [5.41, 5.74) is 1.95. The average Bonchev–Trinajstić information content (AvgIpc) is 2.75. The van der Waals surface area contributed by atoms with Crippen LogP contribution in [-0.4, -0.2) is 19.1 Å². The quantitative estimate of drug-likeness (QED) is 0.851. The van der Waals surface area contributed by atoms with Gasteiger partial charge in [-0.3, -0.25) is 4.79 Å². The Morgan fingerprint density at radius 3 is 2.65 bits per heavy atom. The lowest BCUT2D eigenvalue weighted by atomic mass is 10.1. The fourth-order valence-electron chi connectivity index (χ4n) is 2.28. The highest BCUT2D eigenvalue weighted by molar-refractivity contribution is 6.34. The van der Waals surface area contributed by atoms with Gasteiger partial charge in [-0.1, -0.05) is 29.3 Å². The van der Waals surface area contributed by atoms with Crippen LogP contribution in [0.15, 0.2) is 30.3 Å². The molecule has 0 unspecified atom stereocenters. The number of carbonyl (C=O) groups excluding carboxylic acids is 1. The first-order valence-corrected chi connectivity index (χ1v) is 7.97. The maximum absolute atomic E-state index is 12.5. The molecule has 0 atom stereocenters. The van der Waals surface area contributed by atoms with E-state index in [0.717, 1.165) is 12.0 Å². The van der Waals surface area contributed by atoms with Crippen LogP contribution in [0.3, 0.4) is 0 Å². The van der Waals surface area contributed by atoms with Gasteiger partial charge in [0.25, 0.3) is 5.91 Å². The zero-order chi connectivity index (χ0) is 16.4. The lowest BCUT2D eigenvalue weighted by Gasteiger charge is -2.12. The van der Waals surface area contributed by atoms with E-state index in [1.165, 1.54) is 0 Å². The third-order valence-corrected chi connectivity index (χ3v) is 4.03. The maximum Gasteiger partial charge on any atom is 0.255 e. The molecule has 0 radical (unpaired) electrons. The zero-order valence-corrected chi connectivity index (χ0v) is 14.0. The summed E-state index contributed by atoms with van der Waals surface area (Å²) in [4.78, 5) is 12.5. The van der Waals surface area contributed by atoms with Crippen LogP contribution in [0.2, 0.25) is 10.0 Å². The van der Waals surface area contributed by atoms with Gasteiger partial charge in [-0.05, 0) is 36.8 Å². The van der Waals surface area contributed by atoms with Crippen molar-refractivity contribution in [1.82, 2.24) is 0 Å². The first kappa shape index (κ1) is 16.0. The van der Waals surface area contributed by atoms with Crippen LogP contribution in [-0.2, 0) is 0 Å². The van der Waals surface area contributed by atoms with Gasteiger partial charge in [0.1, 0.15) is 0 Å². The van der Waals surface area contributed by atoms with Crippen LogP contribution in [0.5, 0.6) is 11.5 Å². The van der Waals surface area contributed by atoms with Crippen molar-refractivity contribution < 1.29 is 14.3 Å². The lowest BCUT2D eigenvalue weighted by molar-refractivity contribution is 0.102. The minimum absolute atomic E-state index is 0.312. The Morgan fingerprint density at radius 1 is 1.09 bits per heavy atom. The van der Waals surface area contributed by atoms with Crippen LogP contribution < -0.4 is 14.8 Å². The van der Waals surface area contributed by atoms with E-state index in [1.807, 2.05) is 13.0 Å². The Labute approximate surface area is 144 Å². The number of aryl methyl sites for hydroxylation is 1. The number of rotatable bonds is 2. The summed E-state index contributed by atoms with van der Waals surface area (Å²) in [7, 11) is 0. The Hall–Kier alpha value is -1.91. The molecule has 0 fully saturated rings. The molecule has 23 heavy (non-hydrogen) atoms. The fourth-order valence-corrected chi connectivity index (χ4v) is 2.83. The van der Waals surface area contributed by atoms with Crippen LogP contribution >= 0.6 is 23.2 Å². The van der Waals surface area contributed by atoms with E-state index in [4.69, 9.17) is 32.7 Å². The van der Waals surface area contributed by atoms with Crippen LogP contribution in [0, 0.1) is 6.92 Å². The van der Waals surface area contributed by atoms with E-state index in [0.29, 0.717) is 46.0 Å². The highest BCUT2D eigenvalue weighted by Crippen LogP contribution is 2.38. The smallest absolute Gasteiger partial charge is 0.255 e.